The van der Waals surface area contributed by atoms with E-state index < -0.39 is 6.16 Å². The molecule has 4 nitrogen and oxygen atoms in total. The van der Waals surface area contributed by atoms with E-state index in [1.807, 2.05) is 19.2 Å². The molecule has 0 spiro atoms. The highest BCUT2D eigenvalue weighted by Gasteiger charge is 2.07. The lowest BCUT2D eigenvalue weighted by Gasteiger charge is -2.04. The molecule has 0 atom stereocenters. The zero-order valence-corrected chi connectivity index (χ0v) is 7.57. The molecule has 1 aromatic heterocycles. The Hall–Kier alpha value is -1.97. The number of H-pyrrole nitrogens is 1. The number of fused-ring (bicyclic) bond motifs is 1. The summed E-state index contributed by atoms with van der Waals surface area (Å²) in [5.41, 5.74) is 1.80. The first-order chi connectivity index (χ1) is 6.68. The Balaban J connectivity index is 2.56. The molecule has 2 aromatic rings. The second kappa shape index (κ2) is 3.06. The van der Waals surface area contributed by atoms with Crippen LogP contribution in [0, 0.1) is 6.92 Å². The molecule has 1 aromatic carbocycles. The van der Waals surface area contributed by atoms with Gasteiger partial charge < -0.3 is 14.8 Å². The van der Waals surface area contributed by atoms with Gasteiger partial charge in [-0.2, -0.15) is 0 Å². The van der Waals surface area contributed by atoms with Gasteiger partial charge in [0.2, 0.25) is 0 Å². The fourth-order valence-corrected chi connectivity index (χ4v) is 1.47. The van der Waals surface area contributed by atoms with Crippen molar-refractivity contribution in [2.24, 2.45) is 0 Å². The van der Waals surface area contributed by atoms with Crippen LogP contribution in [0.15, 0.2) is 24.4 Å². The number of aromatic nitrogens is 1. The smallest absolute Gasteiger partial charge is 0.449 e. The van der Waals surface area contributed by atoms with E-state index in [0.717, 1.165) is 16.5 Å². The van der Waals surface area contributed by atoms with E-state index in [1.165, 1.54) is 0 Å². The molecule has 0 fully saturated rings. The van der Waals surface area contributed by atoms with Crippen molar-refractivity contribution in [2.75, 3.05) is 0 Å². The summed E-state index contributed by atoms with van der Waals surface area (Å²) >= 11 is 0. The molecule has 72 valence electrons. The van der Waals surface area contributed by atoms with Crippen LogP contribution in [-0.4, -0.2) is 16.2 Å². The zero-order valence-electron chi connectivity index (χ0n) is 7.57. The molecule has 0 aliphatic carbocycles. The van der Waals surface area contributed by atoms with E-state index in [2.05, 4.69) is 9.72 Å². The third kappa shape index (κ3) is 1.31. The van der Waals surface area contributed by atoms with E-state index in [0.29, 0.717) is 5.75 Å². The first-order valence-electron chi connectivity index (χ1n) is 4.16. The molecular formula is C10H9NO3. The maximum Gasteiger partial charge on any atom is 0.511 e. The topological polar surface area (TPSA) is 62.3 Å². The maximum atomic E-state index is 10.4. The monoisotopic (exact) mass is 191 g/mol. The number of rotatable bonds is 1. The van der Waals surface area contributed by atoms with Crippen LogP contribution >= 0.6 is 0 Å². The van der Waals surface area contributed by atoms with Gasteiger partial charge in [0.25, 0.3) is 0 Å². The minimum atomic E-state index is -1.29. The Bertz CT molecular complexity index is 487. The number of hydrogen-bond acceptors (Lipinski definition) is 2. The molecule has 0 unspecified atom stereocenters. The minimum Gasteiger partial charge on any atom is -0.449 e. The van der Waals surface area contributed by atoms with Gasteiger partial charge in [0.1, 0.15) is 5.75 Å². The van der Waals surface area contributed by atoms with Crippen molar-refractivity contribution in [1.29, 1.82) is 0 Å². The summed E-state index contributed by atoms with van der Waals surface area (Å²) < 4.78 is 4.63. The second-order valence-corrected chi connectivity index (χ2v) is 3.00. The Morgan fingerprint density at radius 1 is 1.43 bits per heavy atom. The Morgan fingerprint density at radius 2 is 2.21 bits per heavy atom. The van der Waals surface area contributed by atoms with Gasteiger partial charge in [-0.05, 0) is 25.1 Å². The molecule has 0 amide bonds. The molecule has 4 heteroatoms. The van der Waals surface area contributed by atoms with Crippen molar-refractivity contribution in [3.63, 3.8) is 0 Å². The largest absolute Gasteiger partial charge is 0.511 e. The maximum absolute atomic E-state index is 10.4. The molecule has 0 saturated heterocycles. The highest BCUT2D eigenvalue weighted by molar-refractivity contribution is 5.85. The number of carboxylic acid groups (broad SMARTS) is 1. The van der Waals surface area contributed by atoms with Crippen LogP contribution in [0.25, 0.3) is 10.9 Å². The van der Waals surface area contributed by atoms with E-state index in [4.69, 9.17) is 5.11 Å². The highest BCUT2D eigenvalue weighted by Crippen LogP contribution is 2.26. The lowest BCUT2D eigenvalue weighted by atomic mass is 10.1. The molecular weight excluding hydrogens is 182 g/mol. The summed E-state index contributed by atoms with van der Waals surface area (Å²) in [7, 11) is 0. The lowest BCUT2D eigenvalue weighted by Crippen LogP contribution is -2.04. The Morgan fingerprint density at radius 3 is 2.93 bits per heavy atom. The van der Waals surface area contributed by atoms with Crippen molar-refractivity contribution in [3.05, 3.63) is 30.0 Å². The molecule has 2 N–H and O–H groups in total. The van der Waals surface area contributed by atoms with Crippen molar-refractivity contribution in [2.45, 2.75) is 6.92 Å². The van der Waals surface area contributed by atoms with E-state index in [1.54, 1.807) is 12.1 Å². The van der Waals surface area contributed by atoms with Gasteiger partial charge >= 0.3 is 6.16 Å². The van der Waals surface area contributed by atoms with Crippen molar-refractivity contribution >= 4 is 17.1 Å². The summed E-state index contributed by atoms with van der Waals surface area (Å²) in [4.78, 5) is 13.4. The second-order valence-electron chi connectivity index (χ2n) is 3.00. The number of benzene rings is 1. The quantitative estimate of drug-likeness (QED) is 0.537. The van der Waals surface area contributed by atoms with Crippen LogP contribution in [-0.2, 0) is 0 Å². The molecule has 2 rings (SSSR count). The third-order valence-electron chi connectivity index (χ3n) is 2.15. The molecule has 0 bridgehead atoms. The Labute approximate surface area is 80.1 Å². The zero-order chi connectivity index (χ0) is 10.1. The van der Waals surface area contributed by atoms with Crippen molar-refractivity contribution < 1.29 is 14.6 Å². The number of carbonyl (C=O) groups is 1. The van der Waals surface area contributed by atoms with Gasteiger partial charge in [-0.15, -0.1) is 0 Å². The Kier molecular flexibility index (Phi) is 1.89. The normalized spacial score (nSPS) is 10.4. The van der Waals surface area contributed by atoms with Crippen LogP contribution in [0.1, 0.15) is 5.56 Å². The van der Waals surface area contributed by atoms with E-state index >= 15 is 0 Å². The van der Waals surface area contributed by atoms with E-state index in [-0.39, 0.29) is 0 Å². The van der Waals surface area contributed by atoms with Crippen LogP contribution < -0.4 is 4.74 Å². The molecule has 1 heterocycles. The predicted molar refractivity (Wildman–Crippen MR) is 51.7 cm³/mol. The average molecular weight is 191 g/mol. The minimum absolute atomic E-state index is 0.379. The van der Waals surface area contributed by atoms with Gasteiger partial charge in [0, 0.05) is 22.7 Å². The number of hydrogen-bond donors (Lipinski definition) is 2. The van der Waals surface area contributed by atoms with Crippen LogP contribution in [0.2, 0.25) is 0 Å². The summed E-state index contributed by atoms with van der Waals surface area (Å²) in [6.45, 7) is 1.83. The van der Waals surface area contributed by atoms with Crippen LogP contribution in [0.4, 0.5) is 4.79 Å². The third-order valence-corrected chi connectivity index (χ3v) is 2.15. The molecule has 0 aliphatic rings. The van der Waals surface area contributed by atoms with Crippen molar-refractivity contribution in [1.82, 2.24) is 4.98 Å². The van der Waals surface area contributed by atoms with Crippen molar-refractivity contribution in [3.8, 4) is 5.75 Å². The summed E-state index contributed by atoms with van der Waals surface area (Å²) in [5, 5.41) is 9.46. The van der Waals surface area contributed by atoms with Crippen LogP contribution in [0.3, 0.4) is 0 Å². The summed E-state index contributed by atoms with van der Waals surface area (Å²) in [6, 6.07) is 5.32. The summed E-state index contributed by atoms with van der Waals surface area (Å²) in [5.74, 6) is 0.379. The van der Waals surface area contributed by atoms with Gasteiger partial charge in [-0.25, -0.2) is 4.79 Å². The fourth-order valence-electron chi connectivity index (χ4n) is 1.47. The van der Waals surface area contributed by atoms with Gasteiger partial charge in [-0.1, -0.05) is 0 Å². The average Bonchev–Trinajstić information content (AvgIpc) is 2.57. The molecule has 0 radical (unpaired) electrons. The van der Waals surface area contributed by atoms with Crippen LogP contribution in [0.5, 0.6) is 5.75 Å². The number of aryl methyl sites for hydroxylation is 1. The molecule has 14 heavy (non-hydrogen) atoms. The molecule has 0 saturated carbocycles. The number of aromatic amines is 1. The highest BCUT2D eigenvalue weighted by atomic mass is 16.7. The number of ether oxygens (including phenoxy) is 1. The number of nitrogens with one attached hydrogen (secondary N) is 1. The van der Waals surface area contributed by atoms with E-state index in [9.17, 15) is 4.79 Å². The lowest BCUT2D eigenvalue weighted by molar-refractivity contribution is 0.144. The van der Waals surface area contributed by atoms with Gasteiger partial charge in [0.15, 0.2) is 0 Å². The first-order valence-corrected chi connectivity index (χ1v) is 4.16. The predicted octanol–water partition coefficient (Wildman–Crippen LogP) is 2.53. The fraction of sp³-hybridized carbons (Fsp3) is 0.100. The SMILES string of the molecule is Cc1c(OC(=O)O)ccc2[nH]ccc12. The van der Waals surface area contributed by atoms with Gasteiger partial charge in [-0.3, -0.25) is 0 Å². The standard InChI is InChI=1S/C10H9NO3/c1-6-7-4-5-11-8(7)2-3-9(6)14-10(12)13/h2-5,11H,1H3,(H,12,13). The summed E-state index contributed by atoms with van der Waals surface area (Å²) in [6.07, 6.45) is 0.519. The first kappa shape index (κ1) is 8.62. The molecule has 0 aliphatic heterocycles. The van der Waals surface area contributed by atoms with Gasteiger partial charge in [0.05, 0.1) is 0 Å².